The number of thioether (sulfide) groups is 1. The van der Waals surface area contributed by atoms with Gasteiger partial charge in [0.2, 0.25) is 5.91 Å². The number of carboxylic acid groups (broad SMARTS) is 1. The van der Waals surface area contributed by atoms with E-state index in [1.165, 1.54) is 11.8 Å². The molecule has 0 spiro atoms. The van der Waals surface area contributed by atoms with E-state index in [9.17, 15) is 9.59 Å². The normalized spacial score (nSPS) is 12.5. The summed E-state index contributed by atoms with van der Waals surface area (Å²) in [5, 5.41) is 11.0. The van der Waals surface area contributed by atoms with E-state index < -0.39 is 11.2 Å². The van der Waals surface area contributed by atoms with E-state index in [1.54, 1.807) is 0 Å². The van der Waals surface area contributed by atoms with Gasteiger partial charge in [-0.2, -0.15) is 0 Å². The molecule has 0 rings (SSSR count). The third-order valence-corrected chi connectivity index (χ3v) is 3.22. The standard InChI is InChI=1S/C11H22N2O3S/c1-4-17-9(8-10(14)15)11(16)12-6-5-7-13(2)3/h9H,4-8H2,1-3H3,(H,12,16)(H,14,15). The summed E-state index contributed by atoms with van der Waals surface area (Å²) in [5.41, 5.74) is 0. The summed E-state index contributed by atoms with van der Waals surface area (Å²) in [6, 6.07) is 0. The number of amides is 1. The van der Waals surface area contributed by atoms with Crippen molar-refractivity contribution in [3.63, 3.8) is 0 Å². The van der Waals surface area contributed by atoms with Gasteiger partial charge in [-0.25, -0.2) is 0 Å². The van der Waals surface area contributed by atoms with E-state index in [2.05, 4.69) is 5.32 Å². The predicted octanol–water partition coefficient (Wildman–Crippen LogP) is 0.651. The zero-order valence-corrected chi connectivity index (χ0v) is 11.5. The first-order valence-electron chi connectivity index (χ1n) is 5.73. The maximum atomic E-state index is 11.7. The molecule has 17 heavy (non-hydrogen) atoms. The number of nitrogens with one attached hydrogen (secondary N) is 1. The Hall–Kier alpha value is -0.750. The van der Waals surface area contributed by atoms with E-state index in [0.29, 0.717) is 6.54 Å². The van der Waals surface area contributed by atoms with E-state index in [0.717, 1.165) is 18.7 Å². The lowest BCUT2D eigenvalue weighted by atomic mass is 10.3. The zero-order chi connectivity index (χ0) is 13.3. The van der Waals surface area contributed by atoms with Crippen LogP contribution in [0, 0.1) is 0 Å². The molecule has 0 saturated carbocycles. The van der Waals surface area contributed by atoms with Gasteiger partial charge in [-0.3, -0.25) is 9.59 Å². The summed E-state index contributed by atoms with van der Waals surface area (Å²) in [6.45, 7) is 3.42. The number of aliphatic carboxylic acids is 1. The molecule has 0 fully saturated rings. The number of nitrogens with zero attached hydrogens (tertiary/aromatic N) is 1. The molecule has 1 amide bonds. The van der Waals surface area contributed by atoms with Crippen LogP contribution in [0.2, 0.25) is 0 Å². The van der Waals surface area contributed by atoms with Gasteiger partial charge >= 0.3 is 5.97 Å². The average Bonchev–Trinajstić information content (AvgIpc) is 2.22. The second-order valence-corrected chi connectivity index (χ2v) is 5.47. The van der Waals surface area contributed by atoms with Crippen LogP contribution in [0.4, 0.5) is 0 Å². The summed E-state index contributed by atoms with van der Waals surface area (Å²) < 4.78 is 0. The molecule has 1 unspecified atom stereocenters. The molecule has 0 bridgehead atoms. The summed E-state index contributed by atoms with van der Waals surface area (Å²) in [7, 11) is 3.95. The van der Waals surface area contributed by atoms with Gasteiger partial charge in [0.25, 0.3) is 0 Å². The van der Waals surface area contributed by atoms with Crippen molar-refractivity contribution in [3.8, 4) is 0 Å². The third kappa shape index (κ3) is 9.00. The minimum atomic E-state index is -0.931. The Labute approximate surface area is 107 Å². The number of hydrogen-bond donors (Lipinski definition) is 2. The van der Waals surface area contributed by atoms with Gasteiger partial charge < -0.3 is 15.3 Å². The van der Waals surface area contributed by atoms with Crippen LogP contribution in [0.1, 0.15) is 19.8 Å². The van der Waals surface area contributed by atoms with Crippen molar-refractivity contribution in [2.75, 3.05) is 32.9 Å². The molecule has 0 radical (unpaired) electrons. The lowest BCUT2D eigenvalue weighted by Gasteiger charge is -2.14. The van der Waals surface area contributed by atoms with Crippen molar-refractivity contribution >= 4 is 23.6 Å². The minimum Gasteiger partial charge on any atom is -0.481 e. The molecule has 0 aromatic heterocycles. The van der Waals surface area contributed by atoms with Crippen molar-refractivity contribution in [3.05, 3.63) is 0 Å². The van der Waals surface area contributed by atoms with Gasteiger partial charge in [-0.05, 0) is 32.8 Å². The zero-order valence-electron chi connectivity index (χ0n) is 10.7. The Balaban J connectivity index is 3.92. The molecule has 0 aromatic carbocycles. The number of carboxylic acids is 1. The average molecular weight is 262 g/mol. The van der Waals surface area contributed by atoms with Crippen LogP contribution in [0.25, 0.3) is 0 Å². The van der Waals surface area contributed by atoms with E-state index in [1.807, 2.05) is 25.9 Å². The minimum absolute atomic E-state index is 0.113. The number of carbonyl (C=O) groups excluding carboxylic acids is 1. The van der Waals surface area contributed by atoms with Gasteiger partial charge in [-0.1, -0.05) is 6.92 Å². The first-order valence-corrected chi connectivity index (χ1v) is 6.78. The van der Waals surface area contributed by atoms with Crippen molar-refractivity contribution < 1.29 is 14.7 Å². The molecule has 100 valence electrons. The number of rotatable bonds is 9. The topological polar surface area (TPSA) is 69.6 Å². The molecule has 2 N–H and O–H groups in total. The monoisotopic (exact) mass is 262 g/mol. The molecule has 5 nitrogen and oxygen atoms in total. The van der Waals surface area contributed by atoms with Crippen LogP contribution in [-0.2, 0) is 9.59 Å². The maximum Gasteiger partial charge on any atom is 0.305 e. The Morgan fingerprint density at radius 1 is 1.41 bits per heavy atom. The van der Waals surface area contributed by atoms with Crippen molar-refractivity contribution in [2.45, 2.75) is 25.0 Å². The lowest BCUT2D eigenvalue weighted by Crippen LogP contribution is -2.35. The van der Waals surface area contributed by atoms with Crippen LogP contribution in [0.3, 0.4) is 0 Å². The lowest BCUT2D eigenvalue weighted by molar-refractivity contribution is -0.138. The second kappa shape index (κ2) is 9.30. The second-order valence-electron chi connectivity index (χ2n) is 3.99. The number of carbonyl (C=O) groups is 2. The molecule has 6 heteroatoms. The van der Waals surface area contributed by atoms with Crippen LogP contribution < -0.4 is 5.32 Å². The van der Waals surface area contributed by atoms with Crippen molar-refractivity contribution in [1.82, 2.24) is 10.2 Å². The molecule has 1 atom stereocenters. The predicted molar refractivity (Wildman–Crippen MR) is 70.4 cm³/mol. The van der Waals surface area contributed by atoms with E-state index >= 15 is 0 Å². The molecule has 0 heterocycles. The molecule has 0 aliphatic rings. The quantitative estimate of drug-likeness (QED) is 0.597. The van der Waals surface area contributed by atoms with E-state index in [4.69, 9.17) is 5.11 Å². The maximum absolute atomic E-state index is 11.7. The first-order chi connectivity index (χ1) is 7.97. The highest BCUT2D eigenvalue weighted by atomic mass is 32.2. The Morgan fingerprint density at radius 2 is 2.06 bits per heavy atom. The Bertz CT molecular complexity index is 247. The third-order valence-electron chi connectivity index (χ3n) is 2.10. The van der Waals surface area contributed by atoms with Crippen LogP contribution in [-0.4, -0.2) is 60.1 Å². The van der Waals surface area contributed by atoms with Gasteiger partial charge in [-0.15, -0.1) is 11.8 Å². The van der Waals surface area contributed by atoms with Gasteiger partial charge in [0.1, 0.15) is 0 Å². The van der Waals surface area contributed by atoms with E-state index in [-0.39, 0.29) is 12.3 Å². The number of hydrogen-bond acceptors (Lipinski definition) is 4. The summed E-state index contributed by atoms with van der Waals surface area (Å²) in [5.74, 6) is -0.360. The molecule has 0 aliphatic carbocycles. The Kier molecular flexibility index (Phi) is 8.89. The smallest absolute Gasteiger partial charge is 0.305 e. The van der Waals surface area contributed by atoms with Gasteiger partial charge in [0.05, 0.1) is 11.7 Å². The highest BCUT2D eigenvalue weighted by Crippen LogP contribution is 2.14. The van der Waals surface area contributed by atoms with Crippen LogP contribution in [0.5, 0.6) is 0 Å². The summed E-state index contributed by atoms with van der Waals surface area (Å²) >= 11 is 1.37. The fourth-order valence-corrected chi connectivity index (χ4v) is 2.21. The Morgan fingerprint density at radius 3 is 2.53 bits per heavy atom. The molecular weight excluding hydrogens is 240 g/mol. The SMILES string of the molecule is CCSC(CC(=O)O)C(=O)NCCCN(C)C. The fraction of sp³-hybridized carbons (Fsp3) is 0.818. The van der Waals surface area contributed by atoms with Crippen LogP contribution in [0.15, 0.2) is 0 Å². The van der Waals surface area contributed by atoms with Crippen molar-refractivity contribution in [2.24, 2.45) is 0 Å². The summed E-state index contributed by atoms with van der Waals surface area (Å²) in [6.07, 6.45) is 0.757. The van der Waals surface area contributed by atoms with Gasteiger partial charge in [0, 0.05) is 6.54 Å². The first kappa shape index (κ1) is 16.2. The largest absolute Gasteiger partial charge is 0.481 e. The summed E-state index contributed by atoms with van der Waals surface area (Å²) in [4.78, 5) is 24.4. The highest BCUT2D eigenvalue weighted by molar-refractivity contribution is 8.00. The molecular formula is C11H22N2O3S. The molecule has 0 aromatic rings. The molecule has 0 aliphatic heterocycles. The fourth-order valence-electron chi connectivity index (χ4n) is 1.31. The van der Waals surface area contributed by atoms with Crippen LogP contribution >= 0.6 is 11.8 Å². The highest BCUT2D eigenvalue weighted by Gasteiger charge is 2.20. The van der Waals surface area contributed by atoms with Gasteiger partial charge in [0.15, 0.2) is 0 Å². The van der Waals surface area contributed by atoms with Crippen molar-refractivity contribution in [1.29, 1.82) is 0 Å². The molecule has 0 saturated heterocycles.